The number of hydrazine groups is 1. The van der Waals surface area contributed by atoms with E-state index in [9.17, 15) is 23.3 Å². The Morgan fingerprint density at radius 2 is 2.03 bits per heavy atom. The summed E-state index contributed by atoms with van der Waals surface area (Å²) in [6.07, 6.45) is 3.49. The number of hydrogen-bond acceptors (Lipinski definition) is 9. The third kappa shape index (κ3) is 4.63. The van der Waals surface area contributed by atoms with Crippen LogP contribution in [0.25, 0.3) is 0 Å². The van der Waals surface area contributed by atoms with Crippen molar-refractivity contribution in [1.82, 2.24) is 25.0 Å². The second-order valence-electron chi connectivity index (χ2n) is 11.4. The number of fused-ring (bicyclic) bond motifs is 2. The number of benzene rings is 1. The maximum absolute atomic E-state index is 13.1. The van der Waals surface area contributed by atoms with Crippen molar-refractivity contribution in [1.29, 1.82) is 5.26 Å². The van der Waals surface area contributed by atoms with Crippen LogP contribution in [0.1, 0.15) is 44.1 Å². The standard InChI is InChI=1S/C26H35N7O5S/c1-38-25(35)31-12-8-26(7-10-27,9-13-31)33-20-6-11-28-24(34)22(20)23(30-33)29-19-4-5-21-18(14-19)16-32(39(21,36)37)15-17-2-3-17/h4-5,14,17,20,22-23,29-30H,2-3,6-9,11-13,15-16H2,1H3,(H,28,34). The van der Waals surface area contributed by atoms with Crippen LogP contribution in [0, 0.1) is 23.2 Å². The van der Waals surface area contributed by atoms with Crippen LogP contribution < -0.4 is 16.1 Å². The van der Waals surface area contributed by atoms with Crippen molar-refractivity contribution in [3.05, 3.63) is 23.8 Å². The van der Waals surface area contributed by atoms with Gasteiger partial charge < -0.3 is 20.3 Å². The van der Waals surface area contributed by atoms with Crippen LogP contribution in [0.5, 0.6) is 0 Å². The van der Waals surface area contributed by atoms with Crippen molar-refractivity contribution in [2.75, 3.05) is 38.6 Å². The number of carbonyl (C=O) groups excluding carboxylic acids is 2. The average Bonchev–Trinajstić information content (AvgIpc) is 3.61. The van der Waals surface area contributed by atoms with E-state index < -0.39 is 27.6 Å². The minimum atomic E-state index is -3.47. The fraction of sp³-hybridized carbons (Fsp3) is 0.654. The zero-order chi connectivity index (χ0) is 27.4. The van der Waals surface area contributed by atoms with E-state index in [1.165, 1.54) is 7.11 Å². The van der Waals surface area contributed by atoms with Gasteiger partial charge in [0.25, 0.3) is 0 Å². The van der Waals surface area contributed by atoms with Crippen molar-refractivity contribution in [2.45, 2.75) is 67.7 Å². The number of rotatable bonds is 6. The van der Waals surface area contributed by atoms with Crippen molar-refractivity contribution >= 4 is 27.7 Å². The molecule has 4 aliphatic heterocycles. The lowest BCUT2D eigenvalue weighted by molar-refractivity contribution is -0.128. The summed E-state index contributed by atoms with van der Waals surface area (Å²) < 4.78 is 32.5. The first-order valence-corrected chi connectivity index (χ1v) is 15.1. The second kappa shape index (κ2) is 9.92. The molecule has 4 heterocycles. The molecule has 3 unspecified atom stereocenters. The van der Waals surface area contributed by atoms with Crippen LogP contribution in [0.3, 0.4) is 0 Å². The predicted molar refractivity (Wildman–Crippen MR) is 140 cm³/mol. The molecule has 0 bridgehead atoms. The number of carbonyl (C=O) groups is 2. The molecule has 0 spiro atoms. The van der Waals surface area contributed by atoms with Gasteiger partial charge in [0.2, 0.25) is 15.9 Å². The lowest BCUT2D eigenvalue weighted by atomic mass is 9.81. The molecule has 12 nitrogen and oxygen atoms in total. The van der Waals surface area contributed by atoms with E-state index in [2.05, 4.69) is 27.1 Å². The summed E-state index contributed by atoms with van der Waals surface area (Å²) in [6.45, 7) is 2.41. The molecular weight excluding hydrogens is 522 g/mol. The molecule has 0 aromatic heterocycles. The zero-order valence-corrected chi connectivity index (χ0v) is 22.9. The van der Waals surface area contributed by atoms with Crippen molar-refractivity contribution in [3.63, 3.8) is 0 Å². The number of nitrogens with one attached hydrogen (secondary N) is 3. The average molecular weight is 558 g/mol. The molecule has 2 amide bonds. The molecule has 4 fully saturated rings. The van der Waals surface area contributed by atoms with E-state index in [0.29, 0.717) is 56.4 Å². The van der Waals surface area contributed by atoms with Gasteiger partial charge in [-0.25, -0.2) is 23.6 Å². The number of sulfonamides is 1. The summed E-state index contributed by atoms with van der Waals surface area (Å²) >= 11 is 0. The molecule has 0 radical (unpaired) electrons. The van der Waals surface area contributed by atoms with Crippen LogP contribution in [0.15, 0.2) is 23.1 Å². The summed E-state index contributed by atoms with van der Waals surface area (Å²) in [4.78, 5) is 27.2. The molecule has 5 aliphatic rings. The maximum Gasteiger partial charge on any atom is 0.409 e. The Bertz CT molecular complexity index is 1300. The van der Waals surface area contributed by atoms with Crippen LogP contribution in [0.2, 0.25) is 0 Å². The molecular formula is C26H35N7O5S. The Morgan fingerprint density at radius 1 is 1.26 bits per heavy atom. The van der Waals surface area contributed by atoms with Gasteiger partial charge in [0.1, 0.15) is 6.17 Å². The van der Waals surface area contributed by atoms with Crippen molar-refractivity contribution < 1.29 is 22.7 Å². The molecule has 13 heteroatoms. The van der Waals surface area contributed by atoms with Crippen molar-refractivity contribution in [3.8, 4) is 6.07 Å². The number of amides is 2. The van der Waals surface area contributed by atoms with Gasteiger partial charge in [-0.05, 0) is 61.8 Å². The monoisotopic (exact) mass is 557 g/mol. The number of nitriles is 1. The van der Waals surface area contributed by atoms with E-state index in [-0.39, 0.29) is 24.5 Å². The molecule has 1 saturated carbocycles. The number of methoxy groups -OCH3 is 1. The quantitative estimate of drug-likeness (QED) is 0.469. The lowest BCUT2D eigenvalue weighted by Gasteiger charge is -2.48. The molecule has 6 rings (SSSR count). The molecule has 3 N–H and O–H groups in total. The highest BCUT2D eigenvalue weighted by molar-refractivity contribution is 7.89. The Kier molecular flexibility index (Phi) is 6.69. The van der Waals surface area contributed by atoms with Gasteiger partial charge in [-0.2, -0.15) is 9.57 Å². The summed E-state index contributed by atoms with van der Waals surface area (Å²) in [5, 5.41) is 18.3. The SMILES string of the molecule is COC(=O)N1CCC(CC#N)(N2NC(Nc3ccc4c(c3)CN(CC3CC3)S4(=O)=O)C3C(=O)NCCC32)CC1. The van der Waals surface area contributed by atoms with Gasteiger partial charge in [-0.3, -0.25) is 4.79 Å². The first kappa shape index (κ1) is 26.3. The van der Waals surface area contributed by atoms with Gasteiger partial charge >= 0.3 is 6.09 Å². The second-order valence-corrected chi connectivity index (χ2v) is 13.3. The van der Waals surface area contributed by atoms with Crippen LogP contribution in [-0.4, -0.2) is 85.7 Å². The molecule has 3 saturated heterocycles. The topological polar surface area (TPSA) is 147 Å². The van der Waals surface area contributed by atoms with E-state index in [0.717, 1.165) is 30.5 Å². The van der Waals surface area contributed by atoms with Gasteiger partial charge in [-0.1, -0.05) is 0 Å². The summed E-state index contributed by atoms with van der Waals surface area (Å²) in [5.41, 5.74) is 4.50. The molecule has 1 aromatic carbocycles. The van der Waals surface area contributed by atoms with Crippen LogP contribution >= 0.6 is 0 Å². The minimum Gasteiger partial charge on any atom is -0.453 e. The zero-order valence-electron chi connectivity index (χ0n) is 22.1. The maximum atomic E-state index is 13.1. The van der Waals surface area contributed by atoms with Crippen molar-refractivity contribution in [2.24, 2.45) is 11.8 Å². The highest BCUT2D eigenvalue weighted by Crippen LogP contribution is 2.41. The number of ether oxygens (including phenoxy) is 1. The largest absolute Gasteiger partial charge is 0.453 e. The highest BCUT2D eigenvalue weighted by Gasteiger charge is 2.55. The minimum absolute atomic E-state index is 0.0581. The van der Waals surface area contributed by atoms with Crippen LogP contribution in [-0.2, 0) is 26.1 Å². The normalized spacial score (nSPS) is 29.7. The smallest absolute Gasteiger partial charge is 0.409 e. The lowest BCUT2D eigenvalue weighted by Crippen LogP contribution is -2.62. The predicted octanol–water partition coefficient (Wildman–Crippen LogP) is 1.18. The van der Waals surface area contributed by atoms with Gasteiger partial charge in [0.15, 0.2) is 0 Å². The third-order valence-electron chi connectivity index (χ3n) is 8.98. The third-order valence-corrected chi connectivity index (χ3v) is 10.9. The molecule has 1 aliphatic carbocycles. The Labute approximate surface area is 228 Å². The Hall–Kier alpha value is -2.92. The fourth-order valence-corrected chi connectivity index (χ4v) is 8.38. The van der Waals surface area contributed by atoms with Gasteiger partial charge in [-0.15, -0.1) is 0 Å². The van der Waals surface area contributed by atoms with E-state index in [1.54, 1.807) is 21.3 Å². The molecule has 210 valence electrons. The van der Waals surface area contributed by atoms with Gasteiger partial charge in [0.05, 0.1) is 36.0 Å². The van der Waals surface area contributed by atoms with Crippen LogP contribution in [0.4, 0.5) is 10.5 Å². The Balaban J connectivity index is 1.24. The number of nitrogens with zero attached hydrogens (tertiary/aromatic N) is 4. The van der Waals surface area contributed by atoms with E-state index >= 15 is 0 Å². The molecule has 3 atom stereocenters. The summed E-state index contributed by atoms with van der Waals surface area (Å²) in [5.74, 6) is -0.00386. The Morgan fingerprint density at radius 3 is 2.72 bits per heavy atom. The van der Waals surface area contributed by atoms with E-state index in [1.807, 2.05) is 6.07 Å². The summed E-state index contributed by atoms with van der Waals surface area (Å²) in [7, 11) is -2.11. The summed E-state index contributed by atoms with van der Waals surface area (Å²) in [6, 6.07) is 7.51. The fourth-order valence-electron chi connectivity index (χ4n) is 6.69. The first-order chi connectivity index (χ1) is 18.8. The number of hydrogen-bond donors (Lipinski definition) is 3. The highest BCUT2D eigenvalue weighted by atomic mass is 32.2. The molecule has 1 aromatic rings. The van der Waals surface area contributed by atoms with Gasteiger partial charge in [0, 0.05) is 44.5 Å². The number of likely N-dealkylation sites (tertiary alicyclic amines) is 1. The number of anilines is 1. The van der Waals surface area contributed by atoms with E-state index in [4.69, 9.17) is 4.74 Å². The molecule has 39 heavy (non-hydrogen) atoms. The number of piperidine rings is 2. The first-order valence-electron chi connectivity index (χ1n) is 13.7.